The van der Waals surface area contributed by atoms with Gasteiger partial charge in [0.2, 0.25) is 0 Å². The lowest BCUT2D eigenvalue weighted by molar-refractivity contribution is 0.257. The van der Waals surface area contributed by atoms with Crippen LogP contribution in [0.5, 0.6) is 5.75 Å². The van der Waals surface area contributed by atoms with Crippen LogP contribution in [0.1, 0.15) is 11.1 Å². The van der Waals surface area contributed by atoms with Gasteiger partial charge >= 0.3 is 0 Å². The van der Waals surface area contributed by atoms with E-state index in [0.717, 1.165) is 29.2 Å². The minimum absolute atomic E-state index is 0.428. The lowest BCUT2D eigenvalue weighted by Gasteiger charge is -2.34. The molecule has 1 unspecified atom stereocenters. The van der Waals surface area contributed by atoms with Gasteiger partial charge in [0.05, 0.1) is 7.11 Å². The van der Waals surface area contributed by atoms with E-state index in [2.05, 4.69) is 0 Å². The van der Waals surface area contributed by atoms with Crippen molar-refractivity contribution in [2.24, 2.45) is 5.73 Å². The molecule has 2 rings (SSSR count). The Morgan fingerprint density at radius 1 is 1.48 bits per heavy atom. The Hall–Kier alpha value is -0.760. The third-order valence-electron chi connectivity index (χ3n) is 3.64. The van der Waals surface area contributed by atoms with Gasteiger partial charge in [-0.1, -0.05) is 6.07 Å². The summed E-state index contributed by atoms with van der Waals surface area (Å²) in [5.74, 6) is 2.35. The molecule has 1 atom stereocenters. The van der Waals surface area contributed by atoms with Crippen molar-refractivity contribution in [3.63, 3.8) is 0 Å². The molecule has 1 aliphatic rings. The predicted molar refractivity (Wildman–Crippen MR) is 87.3 cm³/mol. The second-order valence-electron chi connectivity index (χ2n) is 5.18. The van der Waals surface area contributed by atoms with Crippen LogP contribution in [-0.4, -0.2) is 50.1 Å². The monoisotopic (exact) mass is 330 g/mol. The van der Waals surface area contributed by atoms with Crippen LogP contribution < -0.4 is 10.5 Å². The predicted octanol–water partition coefficient (Wildman–Crippen LogP) is 1.07. The number of methoxy groups -OCH3 is 1. The summed E-state index contributed by atoms with van der Waals surface area (Å²) < 4.78 is 29.3. The maximum Gasteiger partial charge on any atom is 0.164 e. The Kier molecular flexibility index (Phi) is 5.54. The molecule has 21 heavy (non-hydrogen) atoms. The van der Waals surface area contributed by atoms with Gasteiger partial charge in [-0.15, -0.1) is 0 Å². The number of rotatable bonds is 5. The minimum Gasteiger partial charge on any atom is -0.496 e. The molecule has 1 aliphatic heterocycles. The van der Waals surface area contributed by atoms with Crippen molar-refractivity contribution < 1.29 is 13.2 Å². The summed E-state index contributed by atoms with van der Waals surface area (Å²) in [5.41, 5.74) is 7.69. The van der Waals surface area contributed by atoms with Gasteiger partial charge in [-0.2, -0.15) is 11.8 Å². The largest absolute Gasteiger partial charge is 0.496 e. The van der Waals surface area contributed by atoms with E-state index in [4.69, 9.17) is 10.5 Å². The van der Waals surface area contributed by atoms with Crippen molar-refractivity contribution in [1.82, 2.24) is 4.90 Å². The van der Waals surface area contributed by atoms with E-state index in [0.29, 0.717) is 18.8 Å². The fraction of sp³-hybridized carbons (Fsp3) is 0.571. The van der Waals surface area contributed by atoms with Gasteiger partial charge in [0, 0.05) is 43.0 Å². The van der Waals surface area contributed by atoms with Gasteiger partial charge in [0.1, 0.15) is 11.1 Å². The van der Waals surface area contributed by atoms with E-state index in [1.807, 2.05) is 23.1 Å². The van der Waals surface area contributed by atoms with Crippen LogP contribution in [0, 0.1) is 0 Å². The Bertz CT molecular complexity index is 590. The molecular weight excluding hydrogens is 308 g/mol. The molecule has 0 spiro atoms. The minimum atomic E-state index is -3.09. The van der Waals surface area contributed by atoms with E-state index in [1.54, 1.807) is 18.9 Å². The molecule has 1 saturated heterocycles. The van der Waals surface area contributed by atoms with Gasteiger partial charge in [0.15, 0.2) is 9.84 Å². The highest BCUT2D eigenvalue weighted by Gasteiger charge is 2.31. The lowest BCUT2D eigenvalue weighted by atomic mass is 10.1. The zero-order valence-corrected chi connectivity index (χ0v) is 14.0. The van der Waals surface area contributed by atoms with Crippen molar-refractivity contribution in [3.8, 4) is 5.75 Å². The topological polar surface area (TPSA) is 72.6 Å². The van der Waals surface area contributed by atoms with Crippen LogP contribution in [0.25, 0.3) is 0 Å². The average Bonchev–Trinajstić information content (AvgIpc) is 2.46. The SMILES string of the molecule is COc1ccc(CN)cc1CN1CCSCC1S(C)(=O)=O. The smallest absolute Gasteiger partial charge is 0.164 e. The average molecular weight is 330 g/mol. The van der Waals surface area contributed by atoms with E-state index in [9.17, 15) is 8.42 Å². The second kappa shape index (κ2) is 7.00. The number of nitrogens with zero attached hydrogens (tertiary/aromatic N) is 1. The first-order valence-corrected chi connectivity index (χ1v) is 9.93. The molecule has 1 aromatic rings. The molecular formula is C14H22N2O3S2. The van der Waals surface area contributed by atoms with Gasteiger partial charge in [-0.3, -0.25) is 4.90 Å². The highest BCUT2D eigenvalue weighted by molar-refractivity contribution is 8.00. The zero-order valence-electron chi connectivity index (χ0n) is 12.4. The fourth-order valence-electron chi connectivity index (χ4n) is 2.49. The Balaban J connectivity index is 2.26. The molecule has 7 heteroatoms. The Labute approximate surface area is 130 Å². The summed E-state index contributed by atoms with van der Waals surface area (Å²) >= 11 is 1.69. The zero-order chi connectivity index (χ0) is 15.5. The molecule has 0 radical (unpaired) electrons. The summed E-state index contributed by atoms with van der Waals surface area (Å²) in [6.45, 7) is 1.79. The third-order valence-corrected chi connectivity index (χ3v) is 6.33. The Morgan fingerprint density at radius 3 is 2.86 bits per heavy atom. The van der Waals surface area contributed by atoms with E-state index < -0.39 is 15.2 Å². The van der Waals surface area contributed by atoms with Gasteiger partial charge < -0.3 is 10.5 Å². The van der Waals surface area contributed by atoms with Gasteiger partial charge in [0.25, 0.3) is 0 Å². The maximum atomic E-state index is 12.0. The van der Waals surface area contributed by atoms with Crippen LogP contribution in [0.2, 0.25) is 0 Å². The van der Waals surface area contributed by atoms with Gasteiger partial charge in [-0.05, 0) is 17.7 Å². The van der Waals surface area contributed by atoms with Crippen molar-refractivity contribution >= 4 is 21.6 Å². The highest BCUT2D eigenvalue weighted by Crippen LogP contribution is 2.26. The summed E-state index contributed by atoms with van der Waals surface area (Å²) in [6, 6.07) is 5.83. The number of hydrogen-bond donors (Lipinski definition) is 1. The molecule has 1 fully saturated rings. The van der Waals surface area contributed by atoms with Gasteiger partial charge in [-0.25, -0.2) is 8.42 Å². The van der Waals surface area contributed by atoms with Crippen molar-refractivity contribution in [2.75, 3.05) is 31.4 Å². The standard InChI is InChI=1S/C14H22N2O3S2/c1-19-13-4-3-11(8-15)7-12(13)9-16-5-6-20-10-14(16)21(2,17)18/h3-4,7,14H,5-6,8-10,15H2,1-2H3. The number of sulfone groups is 1. The summed E-state index contributed by atoms with van der Waals surface area (Å²) in [7, 11) is -1.46. The number of benzene rings is 1. The van der Waals surface area contributed by atoms with E-state index in [-0.39, 0.29) is 0 Å². The molecule has 1 aromatic carbocycles. The number of hydrogen-bond acceptors (Lipinski definition) is 6. The molecule has 5 nitrogen and oxygen atoms in total. The fourth-order valence-corrected chi connectivity index (χ4v) is 5.43. The Morgan fingerprint density at radius 2 is 2.24 bits per heavy atom. The first-order valence-electron chi connectivity index (χ1n) is 6.82. The van der Waals surface area contributed by atoms with Crippen LogP contribution in [0.15, 0.2) is 18.2 Å². The van der Waals surface area contributed by atoms with Crippen LogP contribution in [-0.2, 0) is 22.9 Å². The molecule has 0 bridgehead atoms. The normalized spacial score (nSPS) is 20.4. The van der Waals surface area contributed by atoms with E-state index in [1.165, 1.54) is 6.26 Å². The number of nitrogens with two attached hydrogens (primary N) is 1. The van der Waals surface area contributed by atoms with Crippen LogP contribution >= 0.6 is 11.8 Å². The highest BCUT2D eigenvalue weighted by atomic mass is 32.2. The van der Waals surface area contributed by atoms with Crippen molar-refractivity contribution in [3.05, 3.63) is 29.3 Å². The van der Waals surface area contributed by atoms with E-state index >= 15 is 0 Å². The first kappa shape index (κ1) is 16.6. The first-order chi connectivity index (χ1) is 9.95. The molecule has 0 aliphatic carbocycles. The van der Waals surface area contributed by atoms with Crippen LogP contribution in [0.4, 0.5) is 0 Å². The molecule has 1 heterocycles. The molecule has 118 valence electrons. The molecule has 0 aromatic heterocycles. The maximum absolute atomic E-state index is 12.0. The molecule has 0 saturated carbocycles. The summed E-state index contributed by atoms with van der Waals surface area (Å²) in [6.07, 6.45) is 1.31. The summed E-state index contributed by atoms with van der Waals surface area (Å²) in [5, 5.41) is -0.428. The molecule has 0 amide bonds. The summed E-state index contributed by atoms with van der Waals surface area (Å²) in [4.78, 5) is 2.02. The quantitative estimate of drug-likeness (QED) is 0.871. The molecule has 2 N–H and O–H groups in total. The lowest BCUT2D eigenvalue weighted by Crippen LogP contribution is -2.46. The number of ether oxygens (including phenoxy) is 1. The second-order valence-corrected chi connectivity index (χ2v) is 8.53. The van der Waals surface area contributed by atoms with Crippen molar-refractivity contribution in [2.45, 2.75) is 18.5 Å². The van der Waals surface area contributed by atoms with Crippen LogP contribution in [0.3, 0.4) is 0 Å². The third kappa shape index (κ3) is 4.12. The van der Waals surface area contributed by atoms with Crippen molar-refractivity contribution in [1.29, 1.82) is 0 Å². The number of thioether (sulfide) groups is 1.